The number of likely N-dealkylation sites (N-methyl/N-ethyl adjacent to an activating group) is 1. The molecule has 2 aromatic rings. The molecule has 0 radical (unpaired) electrons. The molecule has 1 fully saturated rings. The van der Waals surface area contributed by atoms with Gasteiger partial charge in [-0.15, -0.1) is 11.3 Å². The summed E-state index contributed by atoms with van der Waals surface area (Å²) in [5.74, 6) is 0.0445. The number of nitrogens with one attached hydrogen (secondary N) is 1. The lowest BCUT2D eigenvalue weighted by molar-refractivity contribution is -0.902. The van der Waals surface area contributed by atoms with Crippen LogP contribution in [-0.4, -0.2) is 53.1 Å². The van der Waals surface area contributed by atoms with Crippen LogP contribution in [0.25, 0.3) is 10.2 Å². The van der Waals surface area contributed by atoms with Crippen molar-refractivity contribution in [1.29, 1.82) is 0 Å². The molecule has 1 N–H and O–H groups in total. The number of quaternary nitrogens is 1. The van der Waals surface area contributed by atoms with Gasteiger partial charge in [-0.1, -0.05) is 0 Å². The number of rotatable bonds is 3. The zero-order valence-electron chi connectivity index (χ0n) is 13.9. The summed E-state index contributed by atoms with van der Waals surface area (Å²) in [6.45, 7) is 11.2. The molecule has 6 nitrogen and oxygen atoms in total. The van der Waals surface area contributed by atoms with Crippen molar-refractivity contribution in [2.75, 3.05) is 32.7 Å². The summed E-state index contributed by atoms with van der Waals surface area (Å²) < 4.78 is 1.58. The van der Waals surface area contributed by atoms with Crippen LogP contribution in [0.1, 0.15) is 29.1 Å². The number of piperazine rings is 1. The lowest BCUT2D eigenvalue weighted by Crippen LogP contribution is -3.14. The van der Waals surface area contributed by atoms with Gasteiger partial charge in [0.2, 0.25) is 0 Å². The number of hydrogen-bond acceptors (Lipinski definition) is 4. The molecule has 7 heteroatoms. The van der Waals surface area contributed by atoms with E-state index in [-0.39, 0.29) is 11.5 Å². The maximum Gasteiger partial charge on any atom is 0.264 e. The second-order valence-electron chi connectivity index (χ2n) is 5.97. The number of carbonyl (C=O) groups excluding carboxylic acids is 1. The third-order valence-corrected chi connectivity index (χ3v) is 5.90. The Bertz CT molecular complexity index is 787. The van der Waals surface area contributed by atoms with Crippen LogP contribution in [0.4, 0.5) is 0 Å². The molecule has 23 heavy (non-hydrogen) atoms. The van der Waals surface area contributed by atoms with E-state index in [0.717, 1.165) is 38.3 Å². The van der Waals surface area contributed by atoms with Crippen LogP contribution in [0.3, 0.4) is 0 Å². The van der Waals surface area contributed by atoms with E-state index in [1.807, 2.05) is 18.7 Å². The van der Waals surface area contributed by atoms with Gasteiger partial charge in [0.1, 0.15) is 4.83 Å². The van der Waals surface area contributed by atoms with Crippen molar-refractivity contribution >= 4 is 27.5 Å². The molecule has 2 aromatic heterocycles. The Kier molecular flexibility index (Phi) is 4.50. The number of hydrogen-bond donors (Lipinski definition) is 1. The van der Waals surface area contributed by atoms with E-state index in [9.17, 15) is 9.59 Å². The first-order chi connectivity index (χ1) is 11.1. The SMILES string of the molecule is CCn1cnc2sc(C(=O)N3CC[NH+](CC)CC3)c(C)c2c1=O. The van der Waals surface area contributed by atoms with E-state index < -0.39 is 0 Å². The molecule has 0 atom stereocenters. The van der Waals surface area contributed by atoms with Gasteiger partial charge in [-0.2, -0.15) is 0 Å². The lowest BCUT2D eigenvalue weighted by atomic mass is 10.2. The minimum Gasteiger partial charge on any atom is -0.332 e. The van der Waals surface area contributed by atoms with Crippen molar-refractivity contribution in [1.82, 2.24) is 14.5 Å². The first-order valence-corrected chi connectivity index (χ1v) is 8.99. The van der Waals surface area contributed by atoms with E-state index >= 15 is 0 Å². The number of amides is 1. The van der Waals surface area contributed by atoms with E-state index in [1.54, 1.807) is 10.9 Å². The third kappa shape index (κ3) is 2.79. The summed E-state index contributed by atoms with van der Waals surface area (Å²) in [4.78, 5) is 34.4. The summed E-state index contributed by atoms with van der Waals surface area (Å²) in [7, 11) is 0. The van der Waals surface area contributed by atoms with Crippen LogP contribution in [0.15, 0.2) is 11.1 Å². The van der Waals surface area contributed by atoms with Crippen LogP contribution < -0.4 is 10.5 Å². The van der Waals surface area contributed by atoms with Crippen LogP contribution >= 0.6 is 11.3 Å². The zero-order valence-corrected chi connectivity index (χ0v) is 14.7. The monoisotopic (exact) mass is 335 g/mol. The molecule has 0 spiro atoms. The minimum atomic E-state index is -0.0504. The Labute approximate surface area is 139 Å². The van der Waals surface area contributed by atoms with Crippen LogP contribution in [-0.2, 0) is 6.54 Å². The number of thiophene rings is 1. The van der Waals surface area contributed by atoms with Gasteiger partial charge in [0, 0.05) is 6.54 Å². The molecule has 3 rings (SSSR count). The van der Waals surface area contributed by atoms with Crippen molar-refractivity contribution in [3.8, 4) is 0 Å². The van der Waals surface area contributed by atoms with Gasteiger partial charge in [-0.3, -0.25) is 14.2 Å². The zero-order chi connectivity index (χ0) is 16.6. The van der Waals surface area contributed by atoms with Crippen molar-refractivity contribution in [2.24, 2.45) is 0 Å². The predicted octanol–water partition coefficient (Wildman–Crippen LogP) is 0.147. The first-order valence-electron chi connectivity index (χ1n) is 8.18. The molecule has 124 valence electrons. The largest absolute Gasteiger partial charge is 0.332 e. The molecule has 0 aliphatic carbocycles. The summed E-state index contributed by atoms with van der Waals surface area (Å²) in [6.07, 6.45) is 1.57. The molecular weight excluding hydrogens is 312 g/mol. The van der Waals surface area contributed by atoms with E-state index in [1.165, 1.54) is 16.2 Å². The van der Waals surface area contributed by atoms with Gasteiger partial charge in [0.25, 0.3) is 11.5 Å². The second kappa shape index (κ2) is 6.41. The average molecular weight is 335 g/mol. The summed E-state index contributed by atoms with van der Waals surface area (Å²) in [6, 6.07) is 0. The second-order valence-corrected chi connectivity index (χ2v) is 6.97. The molecule has 1 amide bonds. The van der Waals surface area contributed by atoms with Crippen molar-refractivity contribution in [3.05, 3.63) is 27.1 Å². The highest BCUT2D eigenvalue weighted by Crippen LogP contribution is 2.28. The maximum absolute atomic E-state index is 12.8. The third-order valence-electron chi connectivity index (χ3n) is 4.71. The number of fused-ring (bicyclic) bond motifs is 1. The first kappa shape index (κ1) is 16.1. The Balaban J connectivity index is 1.94. The van der Waals surface area contributed by atoms with Crippen LogP contribution in [0.5, 0.6) is 0 Å². The molecule has 1 aliphatic heterocycles. The van der Waals surface area contributed by atoms with Gasteiger partial charge in [0.05, 0.1) is 49.3 Å². The lowest BCUT2D eigenvalue weighted by Gasteiger charge is -2.31. The molecule has 3 heterocycles. The van der Waals surface area contributed by atoms with E-state index in [4.69, 9.17) is 0 Å². The van der Waals surface area contributed by atoms with Gasteiger partial charge in [0.15, 0.2) is 0 Å². The topological polar surface area (TPSA) is 59.6 Å². The molecule has 0 aromatic carbocycles. The molecule has 1 saturated heterocycles. The maximum atomic E-state index is 12.8. The highest BCUT2D eigenvalue weighted by molar-refractivity contribution is 7.20. The van der Waals surface area contributed by atoms with Crippen LogP contribution in [0.2, 0.25) is 0 Å². The highest BCUT2D eigenvalue weighted by atomic mass is 32.1. The van der Waals surface area contributed by atoms with Crippen molar-refractivity contribution < 1.29 is 9.69 Å². The quantitative estimate of drug-likeness (QED) is 0.868. The standard InChI is InChI=1S/C16H22N4O2S/c1-4-18-6-8-20(9-7-18)16(22)13-11(3)12-14(23-13)17-10-19(5-2)15(12)21/h10H,4-9H2,1-3H3/p+1. The normalized spacial score (nSPS) is 16.2. The summed E-state index contributed by atoms with van der Waals surface area (Å²) >= 11 is 1.34. The number of aryl methyl sites for hydroxylation is 2. The highest BCUT2D eigenvalue weighted by Gasteiger charge is 2.27. The number of nitrogens with zero attached hydrogens (tertiary/aromatic N) is 3. The molecule has 0 bridgehead atoms. The van der Waals surface area contributed by atoms with Gasteiger partial charge >= 0.3 is 0 Å². The van der Waals surface area contributed by atoms with Gasteiger partial charge < -0.3 is 9.80 Å². The predicted molar refractivity (Wildman–Crippen MR) is 91.4 cm³/mol. The molecule has 0 saturated carbocycles. The molecule has 1 aliphatic rings. The van der Waals surface area contributed by atoms with Crippen molar-refractivity contribution in [2.45, 2.75) is 27.3 Å². The Morgan fingerprint density at radius 3 is 2.65 bits per heavy atom. The van der Waals surface area contributed by atoms with Crippen LogP contribution in [0, 0.1) is 6.92 Å². The average Bonchev–Trinajstić information content (AvgIpc) is 2.92. The molecular formula is C16H23N4O2S+. The Morgan fingerprint density at radius 1 is 1.35 bits per heavy atom. The Morgan fingerprint density at radius 2 is 2.04 bits per heavy atom. The van der Waals surface area contributed by atoms with E-state index in [0.29, 0.717) is 21.6 Å². The van der Waals surface area contributed by atoms with Gasteiger partial charge in [-0.05, 0) is 26.3 Å². The van der Waals surface area contributed by atoms with E-state index in [2.05, 4.69) is 11.9 Å². The fourth-order valence-corrected chi connectivity index (χ4v) is 4.22. The smallest absolute Gasteiger partial charge is 0.264 e. The fraction of sp³-hybridized carbons (Fsp3) is 0.562. The number of carbonyl (C=O) groups is 1. The Hall–Kier alpha value is -1.73. The van der Waals surface area contributed by atoms with Gasteiger partial charge in [-0.25, -0.2) is 4.98 Å². The number of aromatic nitrogens is 2. The fourth-order valence-electron chi connectivity index (χ4n) is 3.11. The van der Waals surface area contributed by atoms with Crippen molar-refractivity contribution in [3.63, 3.8) is 0 Å². The molecule has 0 unspecified atom stereocenters. The minimum absolute atomic E-state index is 0.0445. The summed E-state index contributed by atoms with van der Waals surface area (Å²) in [5.41, 5.74) is 0.728. The summed E-state index contributed by atoms with van der Waals surface area (Å²) in [5, 5.41) is 0.598.